The molecule has 0 saturated carbocycles. The van der Waals surface area contributed by atoms with Gasteiger partial charge in [-0.2, -0.15) is 0 Å². The van der Waals surface area contributed by atoms with Crippen LogP contribution in [0.4, 0.5) is 5.69 Å². The number of benzene rings is 1. The van der Waals surface area contributed by atoms with Gasteiger partial charge in [0.15, 0.2) is 0 Å². The highest BCUT2D eigenvalue weighted by Crippen LogP contribution is 2.23. The molecule has 7 heteroatoms. The first-order valence-corrected chi connectivity index (χ1v) is 8.39. The number of aromatic amines is 2. The minimum absolute atomic E-state index is 0.108. The second-order valence-corrected chi connectivity index (χ2v) is 6.62. The van der Waals surface area contributed by atoms with Crippen LogP contribution in [0.5, 0.6) is 0 Å². The van der Waals surface area contributed by atoms with Crippen LogP contribution in [0.25, 0.3) is 0 Å². The molecule has 2 heterocycles. The predicted molar refractivity (Wildman–Crippen MR) is 95.8 cm³/mol. The minimum Gasteiger partial charge on any atom is -0.325 e. The van der Waals surface area contributed by atoms with E-state index in [0.29, 0.717) is 36.7 Å². The van der Waals surface area contributed by atoms with Gasteiger partial charge in [-0.05, 0) is 24.0 Å². The third-order valence-corrected chi connectivity index (χ3v) is 4.41. The Morgan fingerprint density at radius 3 is 2.76 bits per heavy atom. The van der Waals surface area contributed by atoms with Crippen molar-refractivity contribution >= 4 is 11.6 Å². The maximum absolute atomic E-state index is 12.4. The van der Waals surface area contributed by atoms with E-state index in [0.717, 1.165) is 11.3 Å². The number of H-pyrrole nitrogens is 2. The molecule has 2 aromatic rings. The molecule has 0 fully saturated rings. The number of amides is 1. The van der Waals surface area contributed by atoms with Gasteiger partial charge >= 0.3 is 5.69 Å². The van der Waals surface area contributed by atoms with E-state index in [1.165, 1.54) is 0 Å². The van der Waals surface area contributed by atoms with Crippen molar-refractivity contribution in [1.29, 1.82) is 0 Å². The van der Waals surface area contributed by atoms with Crippen molar-refractivity contribution in [3.63, 3.8) is 0 Å². The molecule has 1 aliphatic rings. The molecule has 1 aromatic heterocycles. The van der Waals surface area contributed by atoms with Crippen LogP contribution in [0.1, 0.15) is 36.6 Å². The molecule has 0 spiro atoms. The summed E-state index contributed by atoms with van der Waals surface area (Å²) < 4.78 is 0. The van der Waals surface area contributed by atoms with Crippen LogP contribution in [0, 0.1) is 0 Å². The molecular weight excluding hydrogens is 320 g/mol. The number of nitrogens with zero attached hydrogens (tertiary/aromatic N) is 1. The number of para-hydroxylation sites is 1. The molecule has 3 rings (SSSR count). The molecule has 1 amide bonds. The topological polar surface area (TPSA) is 98.1 Å². The largest absolute Gasteiger partial charge is 0.325 e. The second kappa shape index (κ2) is 7.06. The Hall–Kier alpha value is -2.67. The Kier molecular flexibility index (Phi) is 4.85. The van der Waals surface area contributed by atoms with E-state index in [4.69, 9.17) is 0 Å². The zero-order valence-electron chi connectivity index (χ0n) is 14.4. The summed E-state index contributed by atoms with van der Waals surface area (Å²) >= 11 is 0. The summed E-state index contributed by atoms with van der Waals surface area (Å²) in [5.74, 6) is 0.207. The van der Waals surface area contributed by atoms with Gasteiger partial charge in [-0.3, -0.25) is 19.5 Å². The third-order valence-electron chi connectivity index (χ3n) is 4.41. The molecule has 0 saturated heterocycles. The van der Waals surface area contributed by atoms with E-state index >= 15 is 0 Å². The summed E-state index contributed by atoms with van der Waals surface area (Å²) in [7, 11) is 0. The van der Waals surface area contributed by atoms with E-state index in [9.17, 15) is 14.4 Å². The quantitative estimate of drug-likeness (QED) is 0.777. The minimum atomic E-state index is -0.513. The normalized spacial score (nSPS) is 14.4. The summed E-state index contributed by atoms with van der Waals surface area (Å²) in [4.78, 5) is 42.4. The van der Waals surface area contributed by atoms with Crippen molar-refractivity contribution in [3.05, 3.63) is 61.9 Å². The smallest absolute Gasteiger partial charge is 0.325 e. The lowest BCUT2D eigenvalue weighted by atomic mass is 10.0. The van der Waals surface area contributed by atoms with Crippen LogP contribution < -0.4 is 16.6 Å². The molecule has 0 unspecified atom stereocenters. The lowest BCUT2D eigenvalue weighted by molar-refractivity contribution is -0.117. The Morgan fingerprint density at radius 2 is 2.00 bits per heavy atom. The number of hydrogen-bond acceptors (Lipinski definition) is 4. The summed E-state index contributed by atoms with van der Waals surface area (Å²) in [6, 6.07) is 7.76. The van der Waals surface area contributed by atoms with E-state index in [-0.39, 0.29) is 18.0 Å². The number of anilines is 1. The fourth-order valence-electron chi connectivity index (χ4n) is 3.17. The second-order valence-electron chi connectivity index (χ2n) is 6.62. The SMILES string of the molecule is CC(C)c1ccccc1NC(=O)CN1CCc2c([nH]c(=O)[nH]c2=O)C1. The Bertz CT molecular complexity index is 898. The molecular formula is C18H22N4O3. The van der Waals surface area contributed by atoms with Crippen molar-refractivity contribution in [2.75, 3.05) is 18.4 Å². The first-order valence-electron chi connectivity index (χ1n) is 8.39. The van der Waals surface area contributed by atoms with E-state index in [2.05, 4.69) is 29.1 Å². The first-order chi connectivity index (χ1) is 11.9. The zero-order valence-corrected chi connectivity index (χ0v) is 14.4. The Morgan fingerprint density at radius 1 is 1.24 bits per heavy atom. The van der Waals surface area contributed by atoms with Gasteiger partial charge in [0, 0.05) is 30.0 Å². The summed E-state index contributed by atoms with van der Waals surface area (Å²) in [5, 5.41) is 2.97. The van der Waals surface area contributed by atoms with Crippen molar-refractivity contribution in [3.8, 4) is 0 Å². The number of carbonyl (C=O) groups is 1. The fraction of sp³-hybridized carbons (Fsp3) is 0.389. The van der Waals surface area contributed by atoms with Gasteiger partial charge in [0.1, 0.15) is 0 Å². The molecule has 0 bridgehead atoms. The number of fused-ring (bicyclic) bond motifs is 1. The number of rotatable bonds is 4. The van der Waals surface area contributed by atoms with Gasteiger partial charge in [-0.25, -0.2) is 4.79 Å². The number of hydrogen-bond donors (Lipinski definition) is 3. The highest BCUT2D eigenvalue weighted by atomic mass is 16.2. The van der Waals surface area contributed by atoms with Gasteiger partial charge < -0.3 is 10.3 Å². The zero-order chi connectivity index (χ0) is 18.0. The van der Waals surface area contributed by atoms with E-state index in [1.807, 2.05) is 29.2 Å². The van der Waals surface area contributed by atoms with E-state index in [1.54, 1.807) is 0 Å². The average molecular weight is 342 g/mol. The molecule has 25 heavy (non-hydrogen) atoms. The van der Waals surface area contributed by atoms with Crippen molar-refractivity contribution in [1.82, 2.24) is 14.9 Å². The van der Waals surface area contributed by atoms with Gasteiger partial charge in [0.05, 0.1) is 6.54 Å². The first kappa shape index (κ1) is 17.2. The highest BCUT2D eigenvalue weighted by molar-refractivity contribution is 5.93. The van der Waals surface area contributed by atoms with Crippen molar-refractivity contribution < 1.29 is 4.79 Å². The van der Waals surface area contributed by atoms with Crippen LogP contribution >= 0.6 is 0 Å². The maximum Gasteiger partial charge on any atom is 0.325 e. The standard InChI is InChI=1S/C18H22N4O3/c1-11(2)12-5-3-4-6-14(12)19-16(23)10-22-8-7-13-15(9-22)20-18(25)21-17(13)24/h3-6,11H,7-10H2,1-2H3,(H,19,23)(H2,20,21,24,25). The van der Waals surface area contributed by atoms with Crippen LogP contribution in [0.15, 0.2) is 33.9 Å². The van der Waals surface area contributed by atoms with Gasteiger partial charge in [0.2, 0.25) is 5.91 Å². The van der Waals surface area contributed by atoms with Gasteiger partial charge in [-0.1, -0.05) is 32.0 Å². The average Bonchev–Trinajstić information content (AvgIpc) is 2.54. The molecule has 7 nitrogen and oxygen atoms in total. The monoisotopic (exact) mass is 342 g/mol. The van der Waals surface area contributed by atoms with Crippen LogP contribution in [-0.4, -0.2) is 33.9 Å². The van der Waals surface area contributed by atoms with Crippen LogP contribution in [0.2, 0.25) is 0 Å². The van der Waals surface area contributed by atoms with E-state index < -0.39 is 5.69 Å². The lowest BCUT2D eigenvalue weighted by Gasteiger charge is -2.27. The molecule has 0 radical (unpaired) electrons. The number of nitrogens with one attached hydrogen (secondary N) is 3. The summed E-state index contributed by atoms with van der Waals surface area (Å²) in [6.07, 6.45) is 0.511. The van der Waals surface area contributed by atoms with Crippen LogP contribution in [-0.2, 0) is 17.8 Å². The third kappa shape index (κ3) is 3.88. The van der Waals surface area contributed by atoms with Crippen LogP contribution in [0.3, 0.4) is 0 Å². The molecule has 1 aliphatic heterocycles. The predicted octanol–water partition coefficient (Wildman–Crippen LogP) is 1.18. The Balaban J connectivity index is 1.69. The summed E-state index contributed by atoms with van der Waals surface area (Å²) in [6.45, 7) is 5.36. The molecule has 0 aliphatic carbocycles. The van der Waals surface area contributed by atoms with Gasteiger partial charge in [0.25, 0.3) is 5.56 Å². The number of carbonyl (C=O) groups excluding carboxylic acids is 1. The molecule has 3 N–H and O–H groups in total. The number of aromatic nitrogens is 2. The summed E-state index contributed by atoms with van der Waals surface area (Å²) in [5.41, 5.74) is 2.26. The molecule has 1 aromatic carbocycles. The molecule has 132 valence electrons. The molecule has 0 atom stereocenters. The highest BCUT2D eigenvalue weighted by Gasteiger charge is 2.22. The Labute approximate surface area is 145 Å². The van der Waals surface area contributed by atoms with Gasteiger partial charge in [-0.15, -0.1) is 0 Å². The van der Waals surface area contributed by atoms with Crippen molar-refractivity contribution in [2.24, 2.45) is 0 Å². The lowest BCUT2D eigenvalue weighted by Crippen LogP contribution is -2.41. The fourth-order valence-corrected chi connectivity index (χ4v) is 3.17. The van der Waals surface area contributed by atoms with Crippen molar-refractivity contribution in [2.45, 2.75) is 32.7 Å². The maximum atomic E-state index is 12.4.